The second-order valence-corrected chi connectivity index (χ2v) is 10.7. The molecule has 1 N–H and O–H groups in total. The van der Waals surface area contributed by atoms with Gasteiger partial charge in [0.1, 0.15) is 6.04 Å². The predicted molar refractivity (Wildman–Crippen MR) is 140 cm³/mol. The molecule has 2 aromatic heterocycles. The molecule has 1 amide bonds. The quantitative estimate of drug-likeness (QED) is 0.412. The molecule has 0 bridgehead atoms. The third kappa shape index (κ3) is 4.87. The molecule has 9 nitrogen and oxygen atoms in total. The standard InChI is InChI=1S/C25H25ClN6O3S/c1-18(32-12-9-19-3-4-20(26)17-23(19)32)24(33)31-15-13-30(14-16-31)21-5-7-22(8-6-21)36(34,35)29-25-27-10-2-11-28-25/h2-12,17-18H,13-16H2,1H3,(H,27,28,29)/t18-/m0/s1. The number of amides is 1. The molecule has 0 unspecified atom stereocenters. The summed E-state index contributed by atoms with van der Waals surface area (Å²) in [6, 6.07) is 15.6. The second kappa shape index (κ2) is 9.79. The third-order valence-electron chi connectivity index (χ3n) is 6.35. The Morgan fingerprint density at radius 3 is 2.39 bits per heavy atom. The van der Waals surface area contributed by atoms with Crippen molar-refractivity contribution < 1.29 is 13.2 Å². The summed E-state index contributed by atoms with van der Waals surface area (Å²) in [5.74, 6) is 0.0790. The van der Waals surface area contributed by atoms with Gasteiger partial charge in [0.25, 0.3) is 10.0 Å². The number of nitrogens with one attached hydrogen (secondary N) is 1. The average molecular weight is 525 g/mol. The minimum absolute atomic E-state index is 0.0209. The van der Waals surface area contributed by atoms with Crippen LogP contribution in [0.3, 0.4) is 0 Å². The summed E-state index contributed by atoms with van der Waals surface area (Å²) in [6.07, 6.45) is 4.86. The monoisotopic (exact) mass is 524 g/mol. The van der Waals surface area contributed by atoms with Gasteiger partial charge in [-0.05, 0) is 60.8 Å². The van der Waals surface area contributed by atoms with Crippen LogP contribution < -0.4 is 9.62 Å². The Hall–Kier alpha value is -3.63. The molecule has 11 heteroatoms. The van der Waals surface area contributed by atoms with Gasteiger partial charge in [-0.25, -0.2) is 23.1 Å². The fourth-order valence-corrected chi connectivity index (χ4v) is 5.52. The molecule has 1 saturated heterocycles. The Morgan fingerprint density at radius 2 is 1.69 bits per heavy atom. The van der Waals surface area contributed by atoms with Crippen molar-refractivity contribution >= 4 is 50.1 Å². The maximum atomic E-state index is 13.2. The maximum absolute atomic E-state index is 13.2. The Bertz CT molecular complexity index is 1480. The van der Waals surface area contributed by atoms with Crippen molar-refractivity contribution in [3.8, 4) is 0 Å². The Kier molecular flexibility index (Phi) is 6.55. The normalized spacial score (nSPS) is 15.2. The van der Waals surface area contributed by atoms with E-state index in [0.717, 1.165) is 16.6 Å². The fraction of sp³-hybridized carbons (Fsp3) is 0.240. The highest BCUT2D eigenvalue weighted by molar-refractivity contribution is 7.92. The van der Waals surface area contributed by atoms with Crippen LogP contribution in [0.4, 0.5) is 11.6 Å². The van der Waals surface area contributed by atoms with Gasteiger partial charge in [0, 0.05) is 55.5 Å². The van der Waals surface area contributed by atoms with Crippen LogP contribution in [0, 0.1) is 0 Å². The summed E-state index contributed by atoms with van der Waals surface area (Å²) >= 11 is 6.17. The lowest BCUT2D eigenvalue weighted by Crippen LogP contribution is -2.50. The topological polar surface area (TPSA) is 100 Å². The SMILES string of the molecule is C[C@@H](C(=O)N1CCN(c2ccc(S(=O)(=O)Nc3ncccn3)cc2)CC1)n1ccc2ccc(Cl)cc21. The van der Waals surface area contributed by atoms with E-state index >= 15 is 0 Å². The van der Waals surface area contributed by atoms with Gasteiger partial charge in [0.2, 0.25) is 11.9 Å². The Labute approximate surface area is 214 Å². The van der Waals surface area contributed by atoms with Gasteiger partial charge in [-0.15, -0.1) is 0 Å². The van der Waals surface area contributed by atoms with Gasteiger partial charge in [-0.2, -0.15) is 0 Å². The summed E-state index contributed by atoms with van der Waals surface area (Å²) in [4.78, 5) is 25.2. The number of sulfonamides is 1. The number of piperazine rings is 1. The predicted octanol–water partition coefficient (Wildman–Crippen LogP) is 3.80. The summed E-state index contributed by atoms with van der Waals surface area (Å²) in [5, 5.41) is 1.68. The molecule has 1 atom stereocenters. The van der Waals surface area contributed by atoms with E-state index in [9.17, 15) is 13.2 Å². The molecule has 0 saturated carbocycles. The summed E-state index contributed by atoms with van der Waals surface area (Å²) in [6.45, 7) is 4.37. The lowest BCUT2D eigenvalue weighted by molar-refractivity contribution is -0.134. The molecule has 2 aromatic carbocycles. The Balaban J connectivity index is 1.22. The average Bonchev–Trinajstić information content (AvgIpc) is 3.31. The van der Waals surface area contributed by atoms with Gasteiger partial charge < -0.3 is 14.4 Å². The van der Waals surface area contributed by atoms with Gasteiger partial charge in [-0.3, -0.25) is 4.79 Å². The van der Waals surface area contributed by atoms with E-state index in [0.29, 0.717) is 31.2 Å². The van der Waals surface area contributed by atoms with Crippen LogP contribution in [0.2, 0.25) is 5.02 Å². The number of nitrogens with zero attached hydrogens (tertiary/aromatic N) is 5. The van der Waals surface area contributed by atoms with Crippen LogP contribution in [-0.2, 0) is 14.8 Å². The van der Waals surface area contributed by atoms with E-state index in [1.807, 2.05) is 46.9 Å². The first-order valence-corrected chi connectivity index (χ1v) is 13.4. The van der Waals surface area contributed by atoms with E-state index in [1.165, 1.54) is 12.4 Å². The number of hydrogen-bond acceptors (Lipinski definition) is 6. The van der Waals surface area contributed by atoms with E-state index in [1.54, 1.807) is 30.3 Å². The highest BCUT2D eigenvalue weighted by Gasteiger charge is 2.27. The number of rotatable bonds is 6. The van der Waals surface area contributed by atoms with Crippen molar-refractivity contribution in [2.45, 2.75) is 17.9 Å². The molecule has 1 aliphatic heterocycles. The van der Waals surface area contributed by atoms with Crippen molar-refractivity contribution in [2.75, 3.05) is 35.8 Å². The summed E-state index contributed by atoms with van der Waals surface area (Å²) in [5.41, 5.74) is 1.83. The molecular weight excluding hydrogens is 500 g/mol. The third-order valence-corrected chi connectivity index (χ3v) is 7.93. The first-order valence-electron chi connectivity index (χ1n) is 11.5. The second-order valence-electron chi connectivity index (χ2n) is 8.59. The number of carbonyl (C=O) groups excluding carboxylic acids is 1. The first-order chi connectivity index (χ1) is 17.3. The zero-order valence-electron chi connectivity index (χ0n) is 19.6. The molecule has 3 heterocycles. The van der Waals surface area contributed by atoms with E-state index in [4.69, 9.17) is 11.6 Å². The number of anilines is 2. The van der Waals surface area contributed by atoms with Crippen molar-refractivity contribution in [2.24, 2.45) is 0 Å². The van der Waals surface area contributed by atoms with Gasteiger partial charge >= 0.3 is 0 Å². The maximum Gasteiger partial charge on any atom is 0.264 e. The molecule has 4 aromatic rings. The van der Waals surface area contributed by atoms with E-state index in [2.05, 4.69) is 19.6 Å². The van der Waals surface area contributed by atoms with Crippen molar-refractivity contribution in [1.29, 1.82) is 0 Å². The van der Waals surface area contributed by atoms with Crippen LogP contribution in [-0.4, -0.2) is 59.9 Å². The molecule has 1 aliphatic rings. The van der Waals surface area contributed by atoms with Crippen molar-refractivity contribution in [3.05, 3.63) is 78.2 Å². The largest absolute Gasteiger partial charge is 0.368 e. The fourth-order valence-electron chi connectivity index (χ4n) is 4.40. The molecule has 0 radical (unpaired) electrons. The van der Waals surface area contributed by atoms with E-state index < -0.39 is 10.0 Å². The van der Waals surface area contributed by atoms with Gasteiger partial charge in [0.15, 0.2) is 0 Å². The lowest BCUT2D eigenvalue weighted by Gasteiger charge is -2.37. The molecule has 186 valence electrons. The van der Waals surface area contributed by atoms with E-state index in [-0.39, 0.29) is 22.8 Å². The van der Waals surface area contributed by atoms with Crippen LogP contribution in [0.1, 0.15) is 13.0 Å². The summed E-state index contributed by atoms with van der Waals surface area (Å²) < 4.78 is 29.6. The zero-order chi connectivity index (χ0) is 25.3. The smallest absolute Gasteiger partial charge is 0.264 e. The zero-order valence-corrected chi connectivity index (χ0v) is 21.2. The number of hydrogen-bond donors (Lipinski definition) is 1. The molecule has 1 fully saturated rings. The number of carbonyl (C=O) groups is 1. The minimum atomic E-state index is -3.79. The highest BCUT2D eigenvalue weighted by Crippen LogP contribution is 2.26. The Morgan fingerprint density at radius 1 is 1.00 bits per heavy atom. The number of benzene rings is 2. The molecule has 5 rings (SSSR count). The number of aromatic nitrogens is 3. The first kappa shape index (κ1) is 24.1. The molecular formula is C25H25ClN6O3S. The molecule has 0 aliphatic carbocycles. The highest BCUT2D eigenvalue weighted by atomic mass is 35.5. The van der Waals surface area contributed by atoms with Crippen LogP contribution in [0.25, 0.3) is 10.9 Å². The van der Waals surface area contributed by atoms with Crippen molar-refractivity contribution in [3.63, 3.8) is 0 Å². The molecule has 0 spiro atoms. The van der Waals surface area contributed by atoms with Crippen LogP contribution >= 0.6 is 11.6 Å². The van der Waals surface area contributed by atoms with Crippen molar-refractivity contribution in [1.82, 2.24) is 19.4 Å². The minimum Gasteiger partial charge on any atom is -0.368 e. The summed E-state index contributed by atoms with van der Waals surface area (Å²) in [7, 11) is -3.79. The number of fused-ring (bicyclic) bond motifs is 1. The number of halogens is 1. The molecule has 36 heavy (non-hydrogen) atoms. The van der Waals surface area contributed by atoms with Gasteiger partial charge in [0.05, 0.1) is 10.4 Å². The van der Waals surface area contributed by atoms with Crippen LogP contribution in [0.15, 0.2) is 78.1 Å². The lowest BCUT2D eigenvalue weighted by atomic mass is 10.2. The van der Waals surface area contributed by atoms with Gasteiger partial charge in [-0.1, -0.05) is 17.7 Å². The van der Waals surface area contributed by atoms with Crippen LogP contribution in [0.5, 0.6) is 0 Å².